The molecule has 3 rings (SSSR count). The van der Waals surface area contributed by atoms with Crippen molar-refractivity contribution < 1.29 is 9.53 Å². The number of methoxy groups -OCH3 is 1. The van der Waals surface area contributed by atoms with Gasteiger partial charge in [0.2, 0.25) is 0 Å². The molecular weight excluding hydrogens is 264 g/mol. The van der Waals surface area contributed by atoms with Crippen molar-refractivity contribution in [3.05, 3.63) is 29.3 Å². The Bertz CT molecular complexity index is 592. The molecule has 19 heavy (non-hydrogen) atoms. The van der Waals surface area contributed by atoms with E-state index in [9.17, 15) is 4.79 Å². The van der Waals surface area contributed by atoms with E-state index in [1.165, 1.54) is 7.11 Å². The van der Waals surface area contributed by atoms with Gasteiger partial charge >= 0.3 is 5.97 Å². The van der Waals surface area contributed by atoms with Gasteiger partial charge in [0.15, 0.2) is 5.13 Å². The van der Waals surface area contributed by atoms with E-state index in [1.54, 1.807) is 11.3 Å². The van der Waals surface area contributed by atoms with E-state index in [0.29, 0.717) is 0 Å². The van der Waals surface area contributed by atoms with E-state index in [0.717, 1.165) is 36.3 Å². The molecule has 0 fully saturated rings. The van der Waals surface area contributed by atoms with Gasteiger partial charge in [-0.15, -0.1) is 11.3 Å². The van der Waals surface area contributed by atoms with Gasteiger partial charge in [-0.1, -0.05) is 0 Å². The van der Waals surface area contributed by atoms with Crippen molar-refractivity contribution in [3.63, 3.8) is 0 Å². The molecule has 0 bridgehead atoms. The van der Waals surface area contributed by atoms with Crippen LogP contribution in [0.1, 0.15) is 11.5 Å². The minimum absolute atomic E-state index is 0.232. The lowest BCUT2D eigenvalue weighted by molar-refractivity contribution is -0.139. The number of nitrogens with zero attached hydrogens (tertiary/aromatic N) is 4. The maximum absolute atomic E-state index is 11.2. The highest BCUT2D eigenvalue weighted by Crippen LogP contribution is 2.24. The summed E-state index contributed by atoms with van der Waals surface area (Å²) in [7, 11) is 1.39. The number of carbonyl (C=O) groups excluding carboxylic acids is 1. The van der Waals surface area contributed by atoms with E-state index < -0.39 is 0 Å². The smallest absolute Gasteiger partial charge is 0.311 e. The van der Waals surface area contributed by atoms with Crippen LogP contribution >= 0.6 is 11.3 Å². The van der Waals surface area contributed by atoms with Crippen LogP contribution in [0.3, 0.4) is 0 Å². The SMILES string of the molecule is COC(=O)Cc1csc(N2CCn3ccnc3C2)n1. The van der Waals surface area contributed by atoms with Crippen molar-refractivity contribution in [2.45, 2.75) is 19.5 Å². The summed E-state index contributed by atoms with van der Waals surface area (Å²) >= 11 is 1.56. The lowest BCUT2D eigenvalue weighted by Gasteiger charge is -2.27. The summed E-state index contributed by atoms with van der Waals surface area (Å²) in [5.74, 6) is 0.794. The zero-order valence-corrected chi connectivity index (χ0v) is 11.4. The first kappa shape index (κ1) is 12.2. The Balaban J connectivity index is 1.72. The Hall–Kier alpha value is -1.89. The van der Waals surface area contributed by atoms with E-state index >= 15 is 0 Å². The van der Waals surface area contributed by atoms with Gasteiger partial charge in [-0.05, 0) is 0 Å². The summed E-state index contributed by atoms with van der Waals surface area (Å²) in [6, 6.07) is 0. The van der Waals surface area contributed by atoms with Crippen LogP contribution in [-0.4, -0.2) is 34.2 Å². The van der Waals surface area contributed by atoms with E-state index in [4.69, 9.17) is 0 Å². The average Bonchev–Trinajstić information content (AvgIpc) is 3.05. The minimum atomic E-state index is -0.258. The molecule has 2 aromatic heterocycles. The van der Waals surface area contributed by atoms with Crippen LogP contribution in [0.4, 0.5) is 5.13 Å². The third-order valence-corrected chi connectivity index (χ3v) is 4.06. The van der Waals surface area contributed by atoms with Crippen molar-refractivity contribution in [2.24, 2.45) is 0 Å². The molecule has 6 nitrogen and oxygen atoms in total. The van der Waals surface area contributed by atoms with Gasteiger partial charge in [0, 0.05) is 30.9 Å². The highest BCUT2D eigenvalue weighted by molar-refractivity contribution is 7.13. The summed E-state index contributed by atoms with van der Waals surface area (Å²) in [5, 5.41) is 2.85. The zero-order chi connectivity index (χ0) is 13.2. The lowest BCUT2D eigenvalue weighted by atomic mass is 10.3. The number of hydrogen-bond acceptors (Lipinski definition) is 6. The Morgan fingerprint density at radius 3 is 3.26 bits per heavy atom. The van der Waals surface area contributed by atoms with Gasteiger partial charge in [-0.3, -0.25) is 4.79 Å². The van der Waals surface area contributed by atoms with Gasteiger partial charge in [0.05, 0.1) is 25.8 Å². The van der Waals surface area contributed by atoms with Crippen LogP contribution in [-0.2, 0) is 29.0 Å². The van der Waals surface area contributed by atoms with Crippen LogP contribution in [0.5, 0.6) is 0 Å². The molecule has 2 aromatic rings. The number of thiazole rings is 1. The number of hydrogen-bond donors (Lipinski definition) is 0. The fourth-order valence-electron chi connectivity index (χ4n) is 2.08. The van der Waals surface area contributed by atoms with Crippen LogP contribution in [0.2, 0.25) is 0 Å². The van der Waals surface area contributed by atoms with E-state index in [-0.39, 0.29) is 12.4 Å². The number of anilines is 1. The maximum atomic E-state index is 11.2. The van der Waals surface area contributed by atoms with Gasteiger partial charge in [0.25, 0.3) is 0 Å². The first-order valence-corrected chi connectivity index (χ1v) is 6.90. The molecule has 1 aliphatic heterocycles. The number of esters is 1. The van der Waals surface area contributed by atoms with Gasteiger partial charge < -0.3 is 14.2 Å². The number of ether oxygens (including phenoxy) is 1. The lowest BCUT2D eigenvalue weighted by Crippen LogP contribution is -2.33. The topological polar surface area (TPSA) is 60.2 Å². The number of rotatable bonds is 3. The molecule has 0 atom stereocenters. The summed E-state index contributed by atoms with van der Waals surface area (Å²) in [5.41, 5.74) is 0.765. The molecule has 0 unspecified atom stereocenters. The summed E-state index contributed by atoms with van der Waals surface area (Å²) < 4.78 is 6.80. The molecule has 0 spiro atoms. The van der Waals surface area contributed by atoms with Gasteiger partial charge in [-0.2, -0.15) is 0 Å². The van der Waals surface area contributed by atoms with Gasteiger partial charge in [0.1, 0.15) is 5.82 Å². The molecule has 100 valence electrons. The number of carbonyl (C=O) groups is 1. The van der Waals surface area contributed by atoms with E-state index in [2.05, 4.69) is 24.2 Å². The van der Waals surface area contributed by atoms with Crippen LogP contribution in [0.15, 0.2) is 17.8 Å². The summed E-state index contributed by atoms with van der Waals surface area (Å²) in [6.07, 6.45) is 4.05. The summed E-state index contributed by atoms with van der Waals surface area (Å²) in [6.45, 7) is 2.59. The van der Waals surface area contributed by atoms with Crippen molar-refractivity contribution in [3.8, 4) is 0 Å². The zero-order valence-electron chi connectivity index (χ0n) is 10.6. The normalized spacial score (nSPS) is 14.3. The van der Waals surface area contributed by atoms with Crippen molar-refractivity contribution in [2.75, 3.05) is 18.6 Å². The van der Waals surface area contributed by atoms with Gasteiger partial charge in [-0.25, -0.2) is 9.97 Å². The average molecular weight is 278 g/mol. The van der Waals surface area contributed by atoms with Crippen LogP contribution in [0.25, 0.3) is 0 Å². The number of aromatic nitrogens is 3. The maximum Gasteiger partial charge on any atom is 0.311 e. The number of fused-ring (bicyclic) bond motifs is 1. The quantitative estimate of drug-likeness (QED) is 0.786. The Morgan fingerprint density at radius 1 is 1.53 bits per heavy atom. The fourth-order valence-corrected chi connectivity index (χ4v) is 2.93. The molecule has 7 heteroatoms. The Morgan fingerprint density at radius 2 is 2.42 bits per heavy atom. The third-order valence-electron chi connectivity index (χ3n) is 3.11. The molecule has 1 aliphatic rings. The second-order valence-corrected chi connectivity index (χ2v) is 5.17. The van der Waals surface area contributed by atoms with Crippen molar-refractivity contribution in [1.82, 2.24) is 14.5 Å². The standard InChI is InChI=1S/C12H14N4O2S/c1-18-11(17)6-9-8-19-12(14-9)16-5-4-15-3-2-13-10(15)7-16/h2-3,8H,4-7H2,1H3. The molecule has 0 aromatic carbocycles. The molecular formula is C12H14N4O2S. The predicted molar refractivity (Wildman–Crippen MR) is 71.1 cm³/mol. The molecule has 0 amide bonds. The molecule has 0 radical (unpaired) electrons. The minimum Gasteiger partial charge on any atom is -0.469 e. The molecule has 3 heterocycles. The van der Waals surface area contributed by atoms with E-state index in [1.807, 2.05) is 17.8 Å². The second kappa shape index (κ2) is 5.00. The molecule has 0 saturated heterocycles. The molecule has 0 saturated carbocycles. The molecule has 0 aliphatic carbocycles. The Labute approximate surface area is 114 Å². The monoisotopic (exact) mass is 278 g/mol. The largest absolute Gasteiger partial charge is 0.469 e. The fraction of sp³-hybridized carbons (Fsp3) is 0.417. The first-order valence-electron chi connectivity index (χ1n) is 6.02. The van der Waals surface area contributed by atoms with Crippen molar-refractivity contribution >= 4 is 22.4 Å². The highest BCUT2D eigenvalue weighted by atomic mass is 32.1. The third kappa shape index (κ3) is 2.46. The van der Waals surface area contributed by atoms with Crippen LogP contribution < -0.4 is 4.90 Å². The first-order chi connectivity index (χ1) is 9.26. The molecule has 0 N–H and O–H groups in total. The second-order valence-electron chi connectivity index (χ2n) is 4.33. The predicted octanol–water partition coefficient (Wildman–Crippen LogP) is 1.08. The summed E-state index contributed by atoms with van der Waals surface area (Å²) in [4.78, 5) is 22.2. The van der Waals surface area contributed by atoms with Crippen LogP contribution in [0, 0.1) is 0 Å². The number of imidazole rings is 1. The highest BCUT2D eigenvalue weighted by Gasteiger charge is 2.19. The Kier molecular flexibility index (Phi) is 3.20. The van der Waals surface area contributed by atoms with Crippen molar-refractivity contribution in [1.29, 1.82) is 0 Å².